The fraction of sp³-hybridized carbons (Fsp3) is 0.333. The highest BCUT2D eigenvalue weighted by molar-refractivity contribution is 5.60. The minimum absolute atomic E-state index is 0.529. The van der Waals surface area contributed by atoms with Gasteiger partial charge in [-0.25, -0.2) is 0 Å². The summed E-state index contributed by atoms with van der Waals surface area (Å²) in [6.07, 6.45) is 0. The van der Waals surface area contributed by atoms with Crippen LogP contribution in [0.2, 0.25) is 0 Å². The van der Waals surface area contributed by atoms with Crippen molar-refractivity contribution in [3.8, 4) is 11.5 Å². The Morgan fingerprint density at radius 3 is 2.23 bits per heavy atom. The molecule has 0 spiro atoms. The standard InChI is InChI=1S/C9H13NO3/c1-6-4-7(10-11)9(13-3)5-8(6)12-2/h4-5,10-11H,1-3H3. The van der Waals surface area contributed by atoms with Crippen LogP contribution >= 0.6 is 0 Å². The van der Waals surface area contributed by atoms with Crippen LogP contribution in [0.15, 0.2) is 12.1 Å². The molecule has 1 rings (SSSR count). The van der Waals surface area contributed by atoms with Gasteiger partial charge in [0.25, 0.3) is 0 Å². The first-order valence-electron chi connectivity index (χ1n) is 3.85. The van der Waals surface area contributed by atoms with Gasteiger partial charge >= 0.3 is 0 Å². The van der Waals surface area contributed by atoms with Crippen LogP contribution in [-0.4, -0.2) is 19.4 Å². The van der Waals surface area contributed by atoms with E-state index in [0.717, 1.165) is 11.3 Å². The molecule has 4 heteroatoms. The Labute approximate surface area is 77.1 Å². The Morgan fingerprint density at radius 1 is 1.15 bits per heavy atom. The van der Waals surface area contributed by atoms with Crippen LogP contribution in [-0.2, 0) is 0 Å². The highest BCUT2D eigenvalue weighted by Crippen LogP contribution is 2.31. The quantitative estimate of drug-likeness (QED) is 0.702. The summed E-state index contributed by atoms with van der Waals surface area (Å²) in [6.45, 7) is 1.89. The molecule has 0 fully saturated rings. The minimum atomic E-state index is 0.529. The van der Waals surface area contributed by atoms with E-state index in [9.17, 15) is 0 Å². The lowest BCUT2D eigenvalue weighted by Crippen LogP contribution is -1.97. The van der Waals surface area contributed by atoms with E-state index in [1.54, 1.807) is 19.2 Å². The summed E-state index contributed by atoms with van der Waals surface area (Å²) in [5.41, 5.74) is 3.52. The van der Waals surface area contributed by atoms with Crippen LogP contribution in [0.3, 0.4) is 0 Å². The largest absolute Gasteiger partial charge is 0.496 e. The monoisotopic (exact) mass is 183 g/mol. The van der Waals surface area contributed by atoms with E-state index < -0.39 is 0 Å². The molecule has 0 aliphatic rings. The number of aryl methyl sites for hydroxylation is 1. The molecular formula is C9H13NO3. The second-order valence-electron chi connectivity index (χ2n) is 2.63. The lowest BCUT2D eigenvalue weighted by atomic mass is 10.2. The Kier molecular flexibility index (Phi) is 2.97. The first-order chi connectivity index (χ1) is 6.22. The van der Waals surface area contributed by atoms with Crippen molar-refractivity contribution in [1.29, 1.82) is 0 Å². The molecule has 0 aromatic heterocycles. The van der Waals surface area contributed by atoms with Crippen molar-refractivity contribution < 1.29 is 14.7 Å². The Bertz CT molecular complexity index is 299. The van der Waals surface area contributed by atoms with Crippen molar-refractivity contribution in [2.24, 2.45) is 0 Å². The van der Waals surface area contributed by atoms with Crippen molar-refractivity contribution in [2.45, 2.75) is 6.92 Å². The lowest BCUT2D eigenvalue weighted by Gasteiger charge is -2.11. The molecular weight excluding hydrogens is 170 g/mol. The van der Waals surface area contributed by atoms with Gasteiger partial charge in [-0.15, -0.1) is 0 Å². The number of methoxy groups -OCH3 is 2. The lowest BCUT2D eigenvalue weighted by molar-refractivity contribution is 0.368. The van der Waals surface area contributed by atoms with Crippen LogP contribution in [0.5, 0.6) is 11.5 Å². The third-order valence-corrected chi connectivity index (χ3v) is 1.84. The second-order valence-corrected chi connectivity index (χ2v) is 2.63. The van der Waals surface area contributed by atoms with Crippen LogP contribution in [0, 0.1) is 6.92 Å². The molecule has 4 nitrogen and oxygen atoms in total. The molecule has 1 aromatic carbocycles. The molecule has 0 bridgehead atoms. The first-order valence-corrected chi connectivity index (χ1v) is 3.85. The molecule has 0 saturated carbocycles. The molecule has 0 saturated heterocycles. The van der Waals surface area contributed by atoms with Gasteiger partial charge in [-0.2, -0.15) is 0 Å². The molecule has 0 aliphatic carbocycles. The summed E-state index contributed by atoms with van der Waals surface area (Å²) >= 11 is 0. The number of benzene rings is 1. The Hall–Kier alpha value is -1.42. The van der Waals surface area contributed by atoms with Gasteiger partial charge in [-0.3, -0.25) is 10.7 Å². The molecule has 13 heavy (non-hydrogen) atoms. The summed E-state index contributed by atoms with van der Waals surface area (Å²) in [4.78, 5) is 0. The van der Waals surface area contributed by atoms with Crippen molar-refractivity contribution in [3.63, 3.8) is 0 Å². The predicted molar refractivity (Wildman–Crippen MR) is 49.7 cm³/mol. The van der Waals surface area contributed by atoms with E-state index in [1.165, 1.54) is 7.11 Å². The average molecular weight is 183 g/mol. The number of hydrogen-bond acceptors (Lipinski definition) is 4. The zero-order valence-electron chi connectivity index (χ0n) is 7.92. The SMILES string of the molecule is COc1cc(OC)c(NO)cc1C. The van der Waals surface area contributed by atoms with Gasteiger partial charge in [-0.05, 0) is 18.6 Å². The van der Waals surface area contributed by atoms with E-state index in [2.05, 4.69) is 5.48 Å². The van der Waals surface area contributed by atoms with E-state index in [0.29, 0.717) is 11.4 Å². The van der Waals surface area contributed by atoms with Gasteiger partial charge < -0.3 is 9.47 Å². The Balaban J connectivity index is 3.18. The van der Waals surface area contributed by atoms with Gasteiger partial charge in [-0.1, -0.05) is 0 Å². The third-order valence-electron chi connectivity index (χ3n) is 1.84. The molecule has 72 valence electrons. The highest BCUT2D eigenvalue weighted by atomic mass is 16.5. The van der Waals surface area contributed by atoms with Crippen molar-refractivity contribution in [3.05, 3.63) is 17.7 Å². The topological polar surface area (TPSA) is 50.7 Å². The van der Waals surface area contributed by atoms with Gasteiger partial charge in [0.15, 0.2) is 0 Å². The maximum Gasteiger partial charge on any atom is 0.147 e. The Morgan fingerprint density at radius 2 is 1.77 bits per heavy atom. The molecule has 0 radical (unpaired) electrons. The van der Waals surface area contributed by atoms with E-state index >= 15 is 0 Å². The molecule has 0 unspecified atom stereocenters. The molecule has 0 atom stereocenters. The van der Waals surface area contributed by atoms with Crippen LogP contribution < -0.4 is 15.0 Å². The van der Waals surface area contributed by atoms with Gasteiger partial charge in [0.2, 0.25) is 0 Å². The minimum Gasteiger partial charge on any atom is -0.496 e. The van der Waals surface area contributed by atoms with Crippen molar-refractivity contribution in [2.75, 3.05) is 19.7 Å². The van der Waals surface area contributed by atoms with E-state index in [1.807, 2.05) is 6.92 Å². The molecule has 2 N–H and O–H groups in total. The zero-order chi connectivity index (χ0) is 9.84. The molecule has 0 aliphatic heterocycles. The highest BCUT2D eigenvalue weighted by Gasteiger charge is 2.06. The number of anilines is 1. The summed E-state index contributed by atoms with van der Waals surface area (Å²) in [5.74, 6) is 1.28. The summed E-state index contributed by atoms with van der Waals surface area (Å²) < 4.78 is 10.1. The smallest absolute Gasteiger partial charge is 0.147 e. The van der Waals surface area contributed by atoms with Gasteiger partial charge in [0.05, 0.1) is 14.2 Å². The number of rotatable bonds is 3. The van der Waals surface area contributed by atoms with Crippen LogP contribution in [0.25, 0.3) is 0 Å². The zero-order valence-corrected chi connectivity index (χ0v) is 7.92. The van der Waals surface area contributed by atoms with Crippen LogP contribution in [0.1, 0.15) is 5.56 Å². The maximum absolute atomic E-state index is 8.77. The number of hydrogen-bond donors (Lipinski definition) is 2. The molecule has 0 amide bonds. The second kappa shape index (κ2) is 4.00. The molecule has 1 aromatic rings. The fourth-order valence-corrected chi connectivity index (χ4v) is 1.15. The average Bonchev–Trinajstić information content (AvgIpc) is 2.17. The van der Waals surface area contributed by atoms with Crippen molar-refractivity contribution in [1.82, 2.24) is 0 Å². The maximum atomic E-state index is 8.77. The summed E-state index contributed by atoms with van der Waals surface area (Å²) in [5, 5.41) is 8.77. The van der Waals surface area contributed by atoms with Gasteiger partial charge in [0, 0.05) is 6.07 Å². The van der Waals surface area contributed by atoms with Crippen molar-refractivity contribution >= 4 is 5.69 Å². The molecule has 0 heterocycles. The fourth-order valence-electron chi connectivity index (χ4n) is 1.15. The predicted octanol–water partition coefficient (Wildman–Crippen LogP) is 1.81. The number of ether oxygens (including phenoxy) is 2. The van der Waals surface area contributed by atoms with Crippen LogP contribution in [0.4, 0.5) is 5.69 Å². The number of nitrogens with one attached hydrogen (secondary N) is 1. The normalized spacial score (nSPS) is 9.54. The first kappa shape index (κ1) is 9.67. The van der Waals surface area contributed by atoms with E-state index in [4.69, 9.17) is 14.7 Å². The summed E-state index contributed by atoms with van der Waals surface area (Å²) in [7, 11) is 3.12. The van der Waals surface area contributed by atoms with Gasteiger partial charge in [0.1, 0.15) is 17.2 Å². The third kappa shape index (κ3) is 1.84. The van der Waals surface area contributed by atoms with E-state index in [-0.39, 0.29) is 0 Å². The summed E-state index contributed by atoms with van der Waals surface area (Å²) in [6, 6.07) is 3.46.